The van der Waals surface area contributed by atoms with Gasteiger partial charge in [0.05, 0.1) is 17.7 Å². The molecule has 1 aliphatic heterocycles. The zero-order valence-electron chi connectivity index (χ0n) is 10.4. The van der Waals surface area contributed by atoms with Gasteiger partial charge in [-0.3, -0.25) is 4.90 Å². The summed E-state index contributed by atoms with van der Waals surface area (Å²) < 4.78 is 0. The summed E-state index contributed by atoms with van der Waals surface area (Å²) in [6, 6.07) is 7.50. The maximum absolute atomic E-state index is 9.70. The number of nitrogens with zero attached hydrogens (tertiary/aromatic N) is 2. The van der Waals surface area contributed by atoms with Crippen LogP contribution in [0.3, 0.4) is 0 Å². The van der Waals surface area contributed by atoms with E-state index in [4.69, 9.17) is 16.9 Å². The Kier molecular flexibility index (Phi) is 4.23. The predicted molar refractivity (Wildman–Crippen MR) is 71.2 cm³/mol. The lowest BCUT2D eigenvalue weighted by atomic mass is 9.96. The Bertz CT molecular complexity index is 469. The average molecular weight is 265 g/mol. The first-order valence-electron chi connectivity index (χ1n) is 6.19. The number of aliphatic hydroxyl groups excluding tert-OH is 1. The van der Waals surface area contributed by atoms with Gasteiger partial charge in [0, 0.05) is 24.7 Å². The molecule has 1 aliphatic rings. The summed E-state index contributed by atoms with van der Waals surface area (Å²) in [5, 5.41) is 19.1. The highest BCUT2D eigenvalue weighted by Gasteiger charge is 2.24. The van der Waals surface area contributed by atoms with Gasteiger partial charge in [-0.2, -0.15) is 5.26 Å². The van der Waals surface area contributed by atoms with E-state index in [1.165, 1.54) is 0 Å². The zero-order valence-corrected chi connectivity index (χ0v) is 11.2. The Morgan fingerprint density at radius 1 is 1.56 bits per heavy atom. The summed E-state index contributed by atoms with van der Waals surface area (Å²) in [6.07, 6.45) is 0.632. The molecule has 1 aromatic carbocycles. The van der Waals surface area contributed by atoms with Gasteiger partial charge in [0.1, 0.15) is 0 Å². The predicted octanol–water partition coefficient (Wildman–Crippen LogP) is 2.41. The average Bonchev–Trinajstić information content (AvgIpc) is 2.36. The van der Waals surface area contributed by atoms with Crippen molar-refractivity contribution >= 4 is 11.6 Å². The molecule has 1 fully saturated rings. The summed E-state index contributed by atoms with van der Waals surface area (Å²) in [6.45, 7) is 4.62. The molecule has 18 heavy (non-hydrogen) atoms. The van der Waals surface area contributed by atoms with Gasteiger partial charge in [-0.25, -0.2) is 0 Å². The van der Waals surface area contributed by atoms with Crippen molar-refractivity contribution < 1.29 is 5.11 Å². The summed E-state index contributed by atoms with van der Waals surface area (Å²) in [7, 11) is 0. The minimum atomic E-state index is -0.183. The molecule has 2 atom stereocenters. The minimum Gasteiger partial charge on any atom is -0.393 e. The number of rotatable bonds is 2. The van der Waals surface area contributed by atoms with Gasteiger partial charge < -0.3 is 5.11 Å². The lowest BCUT2D eigenvalue weighted by Gasteiger charge is -2.34. The van der Waals surface area contributed by atoms with Crippen LogP contribution in [0.1, 0.15) is 24.5 Å². The van der Waals surface area contributed by atoms with Gasteiger partial charge in [-0.1, -0.05) is 24.6 Å². The lowest BCUT2D eigenvalue weighted by molar-refractivity contribution is 0.0320. The second-order valence-electron chi connectivity index (χ2n) is 4.99. The second-order valence-corrected chi connectivity index (χ2v) is 5.39. The third-order valence-electron chi connectivity index (χ3n) is 3.52. The van der Waals surface area contributed by atoms with Crippen LogP contribution < -0.4 is 0 Å². The van der Waals surface area contributed by atoms with E-state index in [0.717, 1.165) is 31.6 Å². The second kappa shape index (κ2) is 5.71. The van der Waals surface area contributed by atoms with Gasteiger partial charge in [-0.05, 0) is 30.0 Å². The van der Waals surface area contributed by atoms with Crippen LogP contribution in [0.25, 0.3) is 0 Å². The van der Waals surface area contributed by atoms with Gasteiger partial charge in [0.15, 0.2) is 0 Å². The molecule has 0 aliphatic carbocycles. The largest absolute Gasteiger partial charge is 0.393 e. The van der Waals surface area contributed by atoms with E-state index in [-0.39, 0.29) is 6.10 Å². The molecule has 0 aromatic heterocycles. The number of hydrogen-bond donors (Lipinski definition) is 1. The van der Waals surface area contributed by atoms with Crippen molar-refractivity contribution in [2.75, 3.05) is 13.1 Å². The standard InChI is InChI=1S/C14H17ClN2O/c1-10-8-17(5-4-14(10)18)9-12-3-2-11(7-16)6-13(12)15/h2-3,6,10,14,18H,4-5,8-9H2,1H3. The van der Waals surface area contributed by atoms with Crippen molar-refractivity contribution in [2.45, 2.75) is 26.0 Å². The first-order chi connectivity index (χ1) is 8.60. The molecule has 2 unspecified atom stereocenters. The minimum absolute atomic E-state index is 0.183. The molecule has 1 saturated heterocycles. The molecule has 3 nitrogen and oxygen atoms in total. The molecule has 0 amide bonds. The molecular formula is C14H17ClN2O. The summed E-state index contributed by atoms with van der Waals surface area (Å²) in [5.74, 6) is 0.302. The van der Waals surface area contributed by atoms with E-state index in [0.29, 0.717) is 16.5 Å². The molecule has 4 heteroatoms. The van der Waals surface area contributed by atoms with Crippen LogP contribution in [0.15, 0.2) is 18.2 Å². The monoisotopic (exact) mass is 264 g/mol. The van der Waals surface area contributed by atoms with Crippen molar-refractivity contribution in [3.8, 4) is 6.07 Å². The van der Waals surface area contributed by atoms with Crippen molar-refractivity contribution in [1.29, 1.82) is 5.26 Å². The number of aliphatic hydroxyl groups is 1. The normalized spacial score (nSPS) is 24.8. The van der Waals surface area contributed by atoms with Crippen LogP contribution in [0.2, 0.25) is 5.02 Å². The Balaban J connectivity index is 2.04. The van der Waals surface area contributed by atoms with E-state index in [1.807, 2.05) is 6.07 Å². The van der Waals surface area contributed by atoms with Crippen LogP contribution in [0.4, 0.5) is 0 Å². The van der Waals surface area contributed by atoms with Crippen LogP contribution in [-0.4, -0.2) is 29.2 Å². The molecule has 2 rings (SSSR count). The maximum atomic E-state index is 9.70. The lowest BCUT2D eigenvalue weighted by Crippen LogP contribution is -2.41. The smallest absolute Gasteiger partial charge is 0.0992 e. The third kappa shape index (κ3) is 3.02. The van der Waals surface area contributed by atoms with Crippen molar-refractivity contribution in [3.63, 3.8) is 0 Å². The van der Waals surface area contributed by atoms with Crippen molar-refractivity contribution in [3.05, 3.63) is 34.3 Å². The molecule has 96 valence electrons. The van der Waals surface area contributed by atoms with Crippen LogP contribution in [0.5, 0.6) is 0 Å². The van der Waals surface area contributed by atoms with Gasteiger partial charge in [0.25, 0.3) is 0 Å². The van der Waals surface area contributed by atoms with E-state index >= 15 is 0 Å². The fraction of sp³-hybridized carbons (Fsp3) is 0.500. The van der Waals surface area contributed by atoms with Crippen molar-refractivity contribution in [1.82, 2.24) is 4.90 Å². The molecule has 1 heterocycles. The number of hydrogen-bond acceptors (Lipinski definition) is 3. The summed E-state index contributed by atoms with van der Waals surface area (Å²) in [4.78, 5) is 2.30. The summed E-state index contributed by atoms with van der Waals surface area (Å²) in [5.41, 5.74) is 1.63. The molecular weight excluding hydrogens is 248 g/mol. The zero-order chi connectivity index (χ0) is 13.1. The van der Waals surface area contributed by atoms with Gasteiger partial charge in [-0.15, -0.1) is 0 Å². The van der Waals surface area contributed by atoms with Crippen LogP contribution in [0, 0.1) is 17.2 Å². The van der Waals surface area contributed by atoms with Gasteiger partial charge >= 0.3 is 0 Å². The summed E-state index contributed by atoms with van der Waals surface area (Å²) >= 11 is 6.17. The Morgan fingerprint density at radius 3 is 2.94 bits per heavy atom. The Hall–Kier alpha value is -1.08. The van der Waals surface area contributed by atoms with Crippen LogP contribution in [-0.2, 0) is 6.54 Å². The number of benzene rings is 1. The highest BCUT2D eigenvalue weighted by molar-refractivity contribution is 6.31. The molecule has 1 aromatic rings. The fourth-order valence-corrected chi connectivity index (χ4v) is 2.59. The topological polar surface area (TPSA) is 47.3 Å². The molecule has 1 N–H and O–H groups in total. The van der Waals surface area contributed by atoms with E-state index < -0.39 is 0 Å². The molecule has 0 radical (unpaired) electrons. The van der Waals surface area contributed by atoms with E-state index in [1.54, 1.807) is 12.1 Å². The van der Waals surface area contributed by atoms with Gasteiger partial charge in [0.2, 0.25) is 0 Å². The molecule has 0 bridgehead atoms. The fourth-order valence-electron chi connectivity index (χ4n) is 2.35. The first kappa shape index (κ1) is 13.4. The SMILES string of the molecule is CC1CN(Cc2ccc(C#N)cc2Cl)CCC1O. The first-order valence-corrected chi connectivity index (χ1v) is 6.57. The van der Waals surface area contributed by atoms with E-state index in [2.05, 4.69) is 17.9 Å². The Morgan fingerprint density at radius 2 is 2.33 bits per heavy atom. The number of likely N-dealkylation sites (tertiary alicyclic amines) is 1. The Labute approximate surface area is 113 Å². The number of piperidine rings is 1. The third-order valence-corrected chi connectivity index (χ3v) is 3.87. The molecule has 0 saturated carbocycles. The highest BCUT2D eigenvalue weighted by Crippen LogP contribution is 2.23. The number of halogens is 1. The van der Waals surface area contributed by atoms with Crippen LogP contribution >= 0.6 is 11.6 Å². The number of nitriles is 1. The van der Waals surface area contributed by atoms with E-state index in [9.17, 15) is 5.11 Å². The van der Waals surface area contributed by atoms with Crippen molar-refractivity contribution in [2.24, 2.45) is 5.92 Å². The quantitative estimate of drug-likeness (QED) is 0.892. The molecule has 0 spiro atoms. The maximum Gasteiger partial charge on any atom is 0.0992 e. The highest BCUT2D eigenvalue weighted by atomic mass is 35.5.